The Morgan fingerprint density at radius 2 is 1.47 bits per heavy atom. The fourth-order valence-electron chi connectivity index (χ4n) is 4.37. The minimum atomic E-state index is -0.656. The number of nitrogens with one attached hydrogen (secondary N) is 1. The van der Waals surface area contributed by atoms with Crippen LogP contribution in [0.15, 0.2) is 85.5 Å². The van der Waals surface area contributed by atoms with Gasteiger partial charge < -0.3 is 15.8 Å². The molecule has 0 saturated carbocycles. The van der Waals surface area contributed by atoms with E-state index in [1.807, 2.05) is 66.9 Å². The maximum atomic E-state index is 13.6. The number of hydrogen-bond donors (Lipinski definition) is 2. The maximum Gasteiger partial charge on any atom is 0.235 e. The first-order valence-electron chi connectivity index (χ1n) is 11.2. The second-order valence-corrected chi connectivity index (χ2v) is 8.37. The highest BCUT2D eigenvalue weighted by atomic mass is 16.5. The van der Waals surface area contributed by atoms with Gasteiger partial charge in [0.05, 0.1) is 5.41 Å². The zero-order valence-electron chi connectivity index (χ0n) is 18.6. The zero-order valence-corrected chi connectivity index (χ0v) is 18.6. The van der Waals surface area contributed by atoms with Gasteiger partial charge in [0.25, 0.3) is 0 Å². The molecular weight excluding hydrogens is 426 g/mol. The van der Waals surface area contributed by atoms with E-state index >= 15 is 0 Å². The number of carbonyl (C=O) groups excluding carboxylic acids is 1. The lowest BCUT2D eigenvalue weighted by molar-refractivity contribution is -0.125. The van der Waals surface area contributed by atoms with E-state index in [1.54, 1.807) is 18.6 Å². The summed E-state index contributed by atoms with van der Waals surface area (Å²) in [7, 11) is 0. The summed E-state index contributed by atoms with van der Waals surface area (Å²) >= 11 is 0. The molecule has 0 radical (unpaired) electrons. The largest absolute Gasteiger partial charge is 0.381 e. The molecule has 0 bridgehead atoms. The van der Waals surface area contributed by atoms with Gasteiger partial charge in [-0.05, 0) is 53.3 Å². The number of carbonyl (C=O) groups is 1. The smallest absolute Gasteiger partial charge is 0.235 e. The number of nitrogen functional groups attached to an aromatic ring is 1. The molecule has 0 unspecified atom stereocenters. The van der Waals surface area contributed by atoms with Crippen molar-refractivity contribution in [3.63, 3.8) is 0 Å². The van der Waals surface area contributed by atoms with Gasteiger partial charge in [-0.2, -0.15) is 0 Å². The molecule has 34 heavy (non-hydrogen) atoms. The van der Waals surface area contributed by atoms with Crippen molar-refractivity contribution in [1.29, 1.82) is 0 Å². The second-order valence-electron chi connectivity index (χ2n) is 8.37. The van der Waals surface area contributed by atoms with Crippen LogP contribution in [0, 0.1) is 0 Å². The quantitative estimate of drug-likeness (QED) is 0.464. The standard InChI is InChI=1S/C27H25N5O2/c28-26-30-17-22(18-31-26)20-3-7-23(8-4-20)27(11-14-34-15-12-27)25(33)32-24-9-5-19(6-10-24)21-2-1-13-29-16-21/h1-10,13,16-18H,11-12,14-15H2,(H,32,33)(H2,28,30,31). The second kappa shape index (κ2) is 9.41. The molecule has 2 aromatic heterocycles. The number of rotatable bonds is 5. The van der Waals surface area contributed by atoms with Crippen molar-refractivity contribution in [1.82, 2.24) is 15.0 Å². The molecule has 3 heterocycles. The highest BCUT2D eigenvalue weighted by Gasteiger charge is 2.41. The lowest BCUT2D eigenvalue weighted by Crippen LogP contribution is -2.44. The number of benzene rings is 2. The van der Waals surface area contributed by atoms with Crippen LogP contribution >= 0.6 is 0 Å². The molecule has 5 rings (SSSR count). The lowest BCUT2D eigenvalue weighted by Gasteiger charge is -2.36. The number of hydrogen-bond acceptors (Lipinski definition) is 6. The summed E-state index contributed by atoms with van der Waals surface area (Å²) < 4.78 is 5.60. The summed E-state index contributed by atoms with van der Waals surface area (Å²) in [6.45, 7) is 1.09. The van der Waals surface area contributed by atoms with E-state index in [2.05, 4.69) is 20.3 Å². The van der Waals surface area contributed by atoms with Crippen molar-refractivity contribution >= 4 is 17.5 Å². The molecule has 0 spiro atoms. The van der Waals surface area contributed by atoms with Crippen LogP contribution in [-0.4, -0.2) is 34.1 Å². The summed E-state index contributed by atoms with van der Waals surface area (Å²) in [5.41, 5.74) is 10.6. The van der Waals surface area contributed by atoms with Crippen LogP contribution in [0.1, 0.15) is 18.4 Å². The SMILES string of the molecule is Nc1ncc(-c2ccc(C3(C(=O)Nc4ccc(-c5cccnc5)cc4)CCOCC3)cc2)cn1. The highest BCUT2D eigenvalue weighted by Crippen LogP contribution is 2.37. The molecule has 0 atom stereocenters. The zero-order chi connectivity index (χ0) is 23.4. The highest BCUT2D eigenvalue weighted by molar-refractivity contribution is 5.99. The predicted molar refractivity (Wildman–Crippen MR) is 132 cm³/mol. The Morgan fingerprint density at radius 1 is 0.824 bits per heavy atom. The van der Waals surface area contributed by atoms with Gasteiger partial charge in [0, 0.05) is 49.3 Å². The van der Waals surface area contributed by atoms with Crippen LogP contribution in [0.2, 0.25) is 0 Å². The van der Waals surface area contributed by atoms with Gasteiger partial charge >= 0.3 is 0 Å². The molecular formula is C27H25N5O2. The van der Waals surface area contributed by atoms with E-state index in [4.69, 9.17) is 10.5 Å². The van der Waals surface area contributed by atoms with Crippen molar-refractivity contribution in [2.24, 2.45) is 0 Å². The van der Waals surface area contributed by atoms with E-state index in [-0.39, 0.29) is 11.9 Å². The molecule has 1 aliphatic rings. The fraction of sp³-hybridized carbons (Fsp3) is 0.185. The first-order valence-corrected chi connectivity index (χ1v) is 11.2. The van der Waals surface area contributed by atoms with Gasteiger partial charge in [-0.25, -0.2) is 9.97 Å². The van der Waals surface area contributed by atoms with Gasteiger partial charge in [0.2, 0.25) is 11.9 Å². The number of nitrogens with two attached hydrogens (primary N) is 1. The lowest BCUT2D eigenvalue weighted by atomic mass is 9.73. The van der Waals surface area contributed by atoms with E-state index in [1.165, 1.54) is 0 Å². The number of pyridine rings is 1. The normalized spacial score (nSPS) is 14.9. The van der Waals surface area contributed by atoms with Gasteiger partial charge in [-0.3, -0.25) is 9.78 Å². The monoisotopic (exact) mass is 451 g/mol. The fourth-order valence-corrected chi connectivity index (χ4v) is 4.37. The summed E-state index contributed by atoms with van der Waals surface area (Å²) in [4.78, 5) is 25.9. The third kappa shape index (κ3) is 4.38. The van der Waals surface area contributed by atoms with Crippen molar-refractivity contribution in [3.8, 4) is 22.3 Å². The Balaban J connectivity index is 1.38. The number of amides is 1. The first kappa shape index (κ1) is 21.7. The summed E-state index contributed by atoms with van der Waals surface area (Å²) in [6, 6.07) is 19.8. The van der Waals surface area contributed by atoms with E-state index in [9.17, 15) is 4.79 Å². The summed E-state index contributed by atoms with van der Waals surface area (Å²) in [6.07, 6.45) is 8.22. The van der Waals surface area contributed by atoms with Crippen LogP contribution in [0.5, 0.6) is 0 Å². The van der Waals surface area contributed by atoms with E-state index < -0.39 is 5.41 Å². The summed E-state index contributed by atoms with van der Waals surface area (Å²) in [5.74, 6) is 0.222. The van der Waals surface area contributed by atoms with Crippen molar-refractivity contribution < 1.29 is 9.53 Å². The molecule has 170 valence electrons. The van der Waals surface area contributed by atoms with Crippen LogP contribution < -0.4 is 11.1 Å². The minimum Gasteiger partial charge on any atom is -0.381 e. The van der Waals surface area contributed by atoms with Crippen LogP contribution in [0.25, 0.3) is 22.3 Å². The van der Waals surface area contributed by atoms with E-state index in [0.29, 0.717) is 26.1 Å². The van der Waals surface area contributed by atoms with Gasteiger partial charge in [0.1, 0.15) is 0 Å². The molecule has 7 nitrogen and oxygen atoms in total. The molecule has 4 aromatic rings. The maximum absolute atomic E-state index is 13.6. The first-order chi connectivity index (χ1) is 16.6. The van der Waals surface area contributed by atoms with Crippen molar-refractivity contribution in [3.05, 3.63) is 91.0 Å². The number of anilines is 2. The van der Waals surface area contributed by atoms with Gasteiger partial charge in [0.15, 0.2) is 0 Å². The Hall–Kier alpha value is -4.10. The molecule has 7 heteroatoms. The number of nitrogens with zero attached hydrogens (tertiary/aromatic N) is 3. The minimum absolute atomic E-state index is 0.0199. The number of ether oxygens (including phenoxy) is 1. The van der Waals surface area contributed by atoms with Crippen molar-refractivity contribution in [2.75, 3.05) is 24.3 Å². The molecule has 1 saturated heterocycles. The molecule has 2 aromatic carbocycles. The third-order valence-corrected chi connectivity index (χ3v) is 6.36. The van der Waals surface area contributed by atoms with Gasteiger partial charge in [-0.1, -0.05) is 42.5 Å². The summed E-state index contributed by atoms with van der Waals surface area (Å²) in [5, 5.41) is 3.14. The molecule has 0 aliphatic carbocycles. The van der Waals surface area contributed by atoms with Crippen LogP contribution in [-0.2, 0) is 14.9 Å². The molecule has 1 amide bonds. The Morgan fingerprint density at radius 3 is 2.12 bits per heavy atom. The number of aromatic nitrogens is 3. The van der Waals surface area contributed by atoms with Gasteiger partial charge in [-0.15, -0.1) is 0 Å². The van der Waals surface area contributed by atoms with Crippen molar-refractivity contribution in [2.45, 2.75) is 18.3 Å². The molecule has 1 aliphatic heterocycles. The Kier molecular flexibility index (Phi) is 6.01. The Bertz CT molecular complexity index is 1250. The average molecular weight is 452 g/mol. The molecule has 1 fully saturated rings. The van der Waals surface area contributed by atoms with E-state index in [0.717, 1.165) is 33.5 Å². The van der Waals surface area contributed by atoms with Crippen LogP contribution in [0.4, 0.5) is 11.6 Å². The third-order valence-electron chi connectivity index (χ3n) is 6.36. The predicted octanol–water partition coefficient (Wildman–Crippen LogP) is 4.47. The molecule has 3 N–H and O–H groups in total. The Labute approximate surface area is 198 Å². The topological polar surface area (TPSA) is 103 Å². The average Bonchev–Trinajstić information content (AvgIpc) is 2.90. The van der Waals surface area contributed by atoms with Crippen LogP contribution in [0.3, 0.4) is 0 Å².